The number of esters is 2. The largest absolute Gasteiger partial charge is 0.489 e. The highest BCUT2D eigenvalue weighted by atomic mass is 19.4. The summed E-state index contributed by atoms with van der Waals surface area (Å²) in [4.78, 5) is 31.9. The van der Waals surface area contributed by atoms with Crippen molar-refractivity contribution < 1.29 is 54.9 Å². The van der Waals surface area contributed by atoms with Gasteiger partial charge in [0.15, 0.2) is 0 Å². The number of fused-ring (bicyclic) bond motifs is 2. The minimum absolute atomic E-state index is 0.00725. The summed E-state index contributed by atoms with van der Waals surface area (Å²) in [5.74, 6) is 0.144. The summed E-state index contributed by atoms with van der Waals surface area (Å²) in [6.07, 6.45) is -0.559. The number of carbonyl (C=O) groups excluding carboxylic acids is 2. The zero-order valence-electron chi connectivity index (χ0n) is 37.8. The van der Waals surface area contributed by atoms with Gasteiger partial charge in [-0.05, 0) is 146 Å². The molecule has 0 aliphatic heterocycles. The number of ether oxygens (including phenoxy) is 4. The van der Waals surface area contributed by atoms with E-state index >= 15 is 0 Å². The fraction of sp³-hybridized carbons (Fsp3) is 0.434. The van der Waals surface area contributed by atoms with E-state index in [4.69, 9.17) is 18.9 Å². The van der Waals surface area contributed by atoms with Crippen molar-refractivity contribution in [2.24, 2.45) is 0 Å². The van der Waals surface area contributed by atoms with Crippen LogP contribution >= 0.6 is 0 Å². The Morgan fingerprint density at radius 1 is 0.567 bits per heavy atom. The van der Waals surface area contributed by atoms with Crippen molar-refractivity contribution >= 4 is 33.7 Å². The molecular weight excluding hydrogens is 875 g/mol. The summed E-state index contributed by atoms with van der Waals surface area (Å²) in [6.45, 7) is 4.03. The van der Waals surface area contributed by atoms with Gasteiger partial charge in [0, 0.05) is 39.6 Å². The molecule has 8 nitrogen and oxygen atoms in total. The number of halogens is 6. The molecule has 0 saturated heterocycles. The van der Waals surface area contributed by atoms with E-state index < -0.39 is 35.4 Å². The van der Waals surface area contributed by atoms with Crippen molar-refractivity contribution in [1.82, 2.24) is 9.97 Å². The smallest absolute Gasteiger partial charge is 0.416 e. The molecule has 0 amide bonds. The van der Waals surface area contributed by atoms with E-state index in [2.05, 4.69) is 9.97 Å². The van der Waals surface area contributed by atoms with E-state index in [-0.39, 0.29) is 51.1 Å². The number of H-pyrrole nitrogens is 2. The maximum atomic E-state index is 14.0. The lowest BCUT2D eigenvalue weighted by Gasteiger charge is -2.19. The van der Waals surface area contributed by atoms with Gasteiger partial charge in [-0.1, -0.05) is 49.9 Å². The number of rotatable bonds is 18. The monoisotopic (exact) mass is 930 g/mol. The highest BCUT2D eigenvalue weighted by Crippen LogP contribution is 2.44. The topological polar surface area (TPSA) is 103 Å². The Morgan fingerprint density at radius 2 is 0.970 bits per heavy atom. The van der Waals surface area contributed by atoms with Crippen LogP contribution in [0.25, 0.3) is 21.8 Å². The molecule has 2 aliphatic rings. The Morgan fingerprint density at radius 3 is 1.36 bits per heavy atom. The lowest BCUT2D eigenvalue weighted by atomic mass is 9.91. The van der Waals surface area contributed by atoms with Crippen LogP contribution in [0.5, 0.6) is 11.5 Å². The van der Waals surface area contributed by atoms with E-state index in [1.54, 1.807) is 36.4 Å². The average molecular weight is 931 g/mol. The summed E-state index contributed by atoms with van der Waals surface area (Å²) in [6, 6.07) is 20.0. The zero-order chi connectivity index (χ0) is 47.3. The molecule has 356 valence electrons. The summed E-state index contributed by atoms with van der Waals surface area (Å²) >= 11 is 0. The summed E-state index contributed by atoms with van der Waals surface area (Å²) in [5, 5.41) is 1.77. The van der Waals surface area contributed by atoms with Crippen molar-refractivity contribution in [2.45, 2.75) is 135 Å². The van der Waals surface area contributed by atoms with Gasteiger partial charge in [0.05, 0.1) is 37.2 Å². The van der Waals surface area contributed by atoms with Gasteiger partial charge in [0.2, 0.25) is 0 Å². The minimum Gasteiger partial charge on any atom is -0.489 e. The molecule has 67 heavy (non-hydrogen) atoms. The predicted molar refractivity (Wildman–Crippen MR) is 243 cm³/mol. The number of alkyl halides is 6. The molecule has 2 saturated carbocycles. The Hall–Kier alpha value is -5.92. The van der Waals surface area contributed by atoms with Gasteiger partial charge in [-0.3, -0.25) is 9.59 Å². The van der Waals surface area contributed by atoms with Crippen LogP contribution in [0.3, 0.4) is 0 Å². The van der Waals surface area contributed by atoms with Crippen LogP contribution in [-0.2, 0) is 57.5 Å². The molecule has 2 aromatic heterocycles. The molecule has 2 fully saturated rings. The fourth-order valence-electron chi connectivity index (χ4n) is 9.83. The number of carbonyl (C=O) groups is 2. The standard InChI is InChI=1S/C53H56F6N2O6/c1-32-42-28-38(66-30-34-12-16-40(36-8-3-4-9-36)44(26-34)52(54,55)56)14-18-48(42)60-46(32)20-22-50(62)64-24-7-25-65-51(63)23-21-47-33(2)43-29-39(15-19-49(43)61-47)67-31-35-13-17-41(37-10-5-6-11-37)45(27-35)53(57,58)59/h12-19,26-29,36-37,60-61H,3-11,20-25,30-31H2,1-2H3. The number of aromatic amines is 2. The fourth-order valence-corrected chi connectivity index (χ4v) is 9.83. The summed E-state index contributed by atoms with van der Waals surface area (Å²) in [5.41, 5.74) is 5.76. The first-order valence-corrected chi connectivity index (χ1v) is 23.3. The van der Waals surface area contributed by atoms with Gasteiger partial charge in [-0.2, -0.15) is 26.3 Å². The number of hydrogen-bond acceptors (Lipinski definition) is 6. The first-order chi connectivity index (χ1) is 32.1. The Bertz CT molecular complexity index is 2520. The summed E-state index contributed by atoms with van der Waals surface area (Å²) < 4.78 is 107. The molecule has 2 N–H and O–H groups in total. The SMILES string of the molecule is Cc1c(CCC(=O)OCCCOC(=O)CCc2[nH]c3ccc(OCc4ccc(C5CCCC5)c(C(F)(F)F)c4)cc3c2C)[nH]c2ccc(OCc3ccc(C4CCCC4)c(C(F)(F)F)c3)cc12. The zero-order valence-corrected chi connectivity index (χ0v) is 37.8. The predicted octanol–water partition coefficient (Wildman–Crippen LogP) is 13.8. The maximum Gasteiger partial charge on any atom is 0.416 e. The van der Waals surface area contributed by atoms with Crippen molar-refractivity contribution in [3.05, 3.63) is 129 Å². The van der Waals surface area contributed by atoms with E-state index in [0.717, 1.165) is 95.7 Å². The molecule has 2 heterocycles. The third kappa shape index (κ3) is 11.6. The van der Waals surface area contributed by atoms with Crippen LogP contribution in [0.15, 0.2) is 72.8 Å². The van der Waals surface area contributed by atoms with Crippen molar-refractivity contribution in [2.75, 3.05) is 13.2 Å². The summed E-state index contributed by atoms with van der Waals surface area (Å²) in [7, 11) is 0. The maximum absolute atomic E-state index is 14.0. The molecule has 0 spiro atoms. The third-order valence-corrected chi connectivity index (χ3v) is 13.5. The second-order valence-electron chi connectivity index (χ2n) is 18.0. The average Bonchev–Trinajstić information content (AvgIpc) is 4.14. The molecule has 8 rings (SSSR count). The number of nitrogens with one attached hydrogen (secondary N) is 2. The Balaban J connectivity index is 0.745. The molecule has 0 unspecified atom stereocenters. The van der Waals surface area contributed by atoms with E-state index in [0.29, 0.717) is 53.0 Å². The van der Waals surface area contributed by atoms with Gasteiger partial charge in [-0.25, -0.2) is 0 Å². The second-order valence-corrected chi connectivity index (χ2v) is 18.0. The van der Waals surface area contributed by atoms with Crippen LogP contribution in [-0.4, -0.2) is 35.1 Å². The van der Waals surface area contributed by atoms with Crippen LogP contribution in [0.1, 0.15) is 138 Å². The molecular formula is C53H56F6N2O6. The lowest BCUT2D eigenvalue weighted by molar-refractivity contribution is -0.146. The van der Waals surface area contributed by atoms with Gasteiger partial charge in [0.25, 0.3) is 0 Å². The lowest BCUT2D eigenvalue weighted by Crippen LogP contribution is -2.12. The molecule has 6 aromatic rings. The molecule has 14 heteroatoms. The molecule has 0 atom stereocenters. The van der Waals surface area contributed by atoms with E-state index in [1.807, 2.05) is 38.1 Å². The van der Waals surface area contributed by atoms with E-state index in [9.17, 15) is 35.9 Å². The number of aryl methyl sites for hydroxylation is 4. The first-order valence-electron chi connectivity index (χ1n) is 23.3. The van der Waals surface area contributed by atoms with Gasteiger partial charge >= 0.3 is 24.3 Å². The minimum atomic E-state index is -4.44. The van der Waals surface area contributed by atoms with Crippen LogP contribution in [0, 0.1) is 13.8 Å². The van der Waals surface area contributed by atoms with Crippen LogP contribution in [0.2, 0.25) is 0 Å². The van der Waals surface area contributed by atoms with Crippen molar-refractivity contribution in [3.8, 4) is 11.5 Å². The van der Waals surface area contributed by atoms with Gasteiger partial charge in [0.1, 0.15) is 24.7 Å². The van der Waals surface area contributed by atoms with Crippen molar-refractivity contribution in [1.29, 1.82) is 0 Å². The number of aromatic nitrogens is 2. The Labute approximate surface area is 385 Å². The normalized spacial score (nSPS) is 14.9. The molecule has 2 aliphatic carbocycles. The molecule has 4 aromatic carbocycles. The third-order valence-electron chi connectivity index (χ3n) is 13.5. The first kappa shape index (κ1) is 47.6. The molecule has 0 radical (unpaired) electrons. The van der Waals surface area contributed by atoms with Crippen molar-refractivity contribution in [3.63, 3.8) is 0 Å². The highest BCUT2D eigenvalue weighted by molar-refractivity contribution is 5.87. The highest BCUT2D eigenvalue weighted by Gasteiger charge is 2.37. The van der Waals surface area contributed by atoms with E-state index in [1.165, 1.54) is 12.1 Å². The number of hydrogen-bond donors (Lipinski definition) is 2. The van der Waals surface area contributed by atoms with Gasteiger partial charge < -0.3 is 28.9 Å². The van der Waals surface area contributed by atoms with Crippen LogP contribution < -0.4 is 9.47 Å². The van der Waals surface area contributed by atoms with Crippen LogP contribution in [0.4, 0.5) is 26.3 Å². The molecule has 0 bridgehead atoms. The number of benzene rings is 4. The second kappa shape index (κ2) is 20.5. The Kier molecular flexibility index (Phi) is 14.6. The van der Waals surface area contributed by atoms with Gasteiger partial charge in [-0.15, -0.1) is 0 Å². The quantitative estimate of drug-likeness (QED) is 0.0506.